The molecular weight excluding hydrogens is 168 g/mol. The first-order valence-electron chi connectivity index (χ1n) is 4.04. The molecule has 0 bridgehead atoms. The highest BCUT2D eigenvalue weighted by atomic mass is 32.1. The van der Waals surface area contributed by atoms with Crippen LogP contribution in [0.2, 0.25) is 0 Å². The summed E-state index contributed by atoms with van der Waals surface area (Å²) in [5.41, 5.74) is 1.22. The molecule has 0 aliphatic heterocycles. The van der Waals surface area contributed by atoms with Crippen molar-refractivity contribution in [2.24, 2.45) is 0 Å². The van der Waals surface area contributed by atoms with Gasteiger partial charge in [0.2, 0.25) is 0 Å². The van der Waals surface area contributed by atoms with E-state index >= 15 is 0 Å². The second-order valence-electron chi connectivity index (χ2n) is 2.86. The molecule has 0 amide bonds. The van der Waals surface area contributed by atoms with Crippen LogP contribution in [-0.2, 0) is 6.42 Å². The molecule has 2 heteroatoms. The van der Waals surface area contributed by atoms with Gasteiger partial charge in [-0.1, -0.05) is 25.1 Å². The molecule has 1 nitrogen and oxygen atoms in total. The van der Waals surface area contributed by atoms with Gasteiger partial charge in [0.1, 0.15) is 5.75 Å². The number of methoxy groups -OCH3 is 1. The van der Waals surface area contributed by atoms with E-state index in [-0.39, 0.29) is 0 Å². The van der Waals surface area contributed by atoms with Crippen molar-refractivity contribution in [3.05, 3.63) is 29.8 Å². The Kier molecular flexibility index (Phi) is 3.48. The lowest BCUT2D eigenvalue weighted by atomic mass is 10.1. The van der Waals surface area contributed by atoms with E-state index in [0.717, 1.165) is 12.2 Å². The highest BCUT2D eigenvalue weighted by Crippen LogP contribution is 2.19. The Labute approximate surface area is 79.2 Å². The predicted octanol–water partition coefficient (Wildman–Crippen LogP) is 2.56. The lowest BCUT2D eigenvalue weighted by Gasteiger charge is -2.09. The number of benzene rings is 1. The molecule has 0 saturated heterocycles. The molecule has 1 aromatic rings. The van der Waals surface area contributed by atoms with Crippen LogP contribution in [0.5, 0.6) is 5.75 Å². The second-order valence-corrected chi connectivity index (χ2v) is 3.75. The molecule has 0 aromatic heterocycles. The van der Waals surface area contributed by atoms with Gasteiger partial charge in [0.05, 0.1) is 7.11 Å². The summed E-state index contributed by atoms with van der Waals surface area (Å²) in [5.74, 6) is 0.957. The zero-order chi connectivity index (χ0) is 8.97. The van der Waals surface area contributed by atoms with Crippen LogP contribution in [0.25, 0.3) is 0 Å². The monoisotopic (exact) mass is 182 g/mol. The maximum absolute atomic E-state index is 5.21. The standard InChI is InChI=1S/C10H14OS/c1-8(12)7-9-5-3-4-6-10(9)11-2/h3-6,8,12H,7H2,1-2H3. The summed E-state index contributed by atoms with van der Waals surface area (Å²) >= 11 is 4.34. The van der Waals surface area contributed by atoms with Crippen molar-refractivity contribution in [3.63, 3.8) is 0 Å². The maximum atomic E-state index is 5.21. The highest BCUT2D eigenvalue weighted by Gasteiger charge is 2.03. The second kappa shape index (κ2) is 4.41. The summed E-state index contributed by atoms with van der Waals surface area (Å²) in [6.45, 7) is 2.08. The Bertz CT molecular complexity index is 245. The normalized spacial score (nSPS) is 12.6. The SMILES string of the molecule is COc1ccccc1CC(C)S. The van der Waals surface area contributed by atoms with Gasteiger partial charge < -0.3 is 4.74 Å². The molecule has 1 rings (SSSR count). The molecular formula is C10H14OS. The Balaban J connectivity index is 2.82. The molecule has 0 N–H and O–H groups in total. The van der Waals surface area contributed by atoms with E-state index in [4.69, 9.17) is 4.74 Å². The molecule has 0 aliphatic rings. The molecule has 0 fully saturated rings. The first-order valence-corrected chi connectivity index (χ1v) is 4.55. The van der Waals surface area contributed by atoms with Gasteiger partial charge in [-0.25, -0.2) is 0 Å². The third-order valence-corrected chi connectivity index (χ3v) is 1.89. The van der Waals surface area contributed by atoms with Crippen molar-refractivity contribution in [1.82, 2.24) is 0 Å². The maximum Gasteiger partial charge on any atom is 0.122 e. The highest BCUT2D eigenvalue weighted by molar-refractivity contribution is 7.80. The number of rotatable bonds is 3. The van der Waals surface area contributed by atoms with Crippen LogP contribution in [0, 0.1) is 0 Å². The number of para-hydroxylation sites is 1. The smallest absolute Gasteiger partial charge is 0.122 e. The quantitative estimate of drug-likeness (QED) is 0.707. The first-order chi connectivity index (χ1) is 5.74. The fraction of sp³-hybridized carbons (Fsp3) is 0.400. The fourth-order valence-corrected chi connectivity index (χ4v) is 1.39. The predicted molar refractivity (Wildman–Crippen MR) is 55.1 cm³/mol. The average Bonchev–Trinajstić information content (AvgIpc) is 2.04. The van der Waals surface area contributed by atoms with Crippen molar-refractivity contribution in [2.75, 3.05) is 7.11 Å². The molecule has 12 heavy (non-hydrogen) atoms. The molecule has 1 atom stereocenters. The van der Waals surface area contributed by atoms with Crippen LogP contribution >= 0.6 is 12.6 Å². The summed E-state index contributed by atoms with van der Waals surface area (Å²) < 4.78 is 5.21. The van der Waals surface area contributed by atoms with E-state index in [1.165, 1.54) is 5.56 Å². The van der Waals surface area contributed by atoms with Gasteiger partial charge >= 0.3 is 0 Å². The van der Waals surface area contributed by atoms with Crippen LogP contribution < -0.4 is 4.74 Å². The molecule has 0 spiro atoms. The lowest BCUT2D eigenvalue weighted by Crippen LogP contribution is -1.99. The summed E-state index contributed by atoms with van der Waals surface area (Å²) in [5, 5.41) is 0.376. The third kappa shape index (κ3) is 2.45. The van der Waals surface area contributed by atoms with Crippen molar-refractivity contribution < 1.29 is 4.74 Å². The van der Waals surface area contributed by atoms with Gasteiger partial charge in [-0.2, -0.15) is 12.6 Å². The molecule has 0 aliphatic carbocycles. The Morgan fingerprint density at radius 2 is 2.08 bits per heavy atom. The Morgan fingerprint density at radius 1 is 1.42 bits per heavy atom. The molecule has 0 heterocycles. The zero-order valence-electron chi connectivity index (χ0n) is 7.45. The first kappa shape index (κ1) is 9.46. The minimum absolute atomic E-state index is 0.376. The molecule has 1 aromatic carbocycles. The topological polar surface area (TPSA) is 9.23 Å². The van der Waals surface area contributed by atoms with E-state index in [2.05, 4.69) is 25.6 Å². The molecule has 0 radical (unpaired) electrons. The van der Waals surface area contributed by atoms with E-state index in [1.54, 1.807) is 7.11 Å². The van der Waals surface area contributed by atoms with Gasteiger partial charge in [-0.3, -0.25) is 0 Å². The number of hydrogen-bond donors (Lipinski definition) is 1. The van der Waals surface area contributed by atoms with Crippen LogP contribution in [0.15, 0.2) is 24.3 Å². The minimum Gasteiger partial charge on any atom is -0.496 e. The zero-order valence-corrected chi connectivity index (χ0v) is 8.34. The average molecular weight is 182 g/mol. The van der Waals surface area contributed by atoms with Crippen molar-refractivity contribution in [2.45, 2.75) is 18.6 Å². The summed E-state index contributed by atoms with van der Waals surface area (Å²) in [4.78, 5) is 0. The van der Waals surface area contributed by atoms with Crippen LogP contribution in [0.4, 0.5) is 0 Å². The van der Waals surface area contributed by atoms with Crippen LogP contribution in [0.1, 0.15) is 12.5 Å². The molecule has 66 valence electrons. The van der Waals surface area contributed by atoms with Gasteiger partial charge in [0.15, 0.2) is 0 Å². The van der Waals surface area contributed by atoms with Gasteiger partial charge in [-0.15, -0.1) is 0 Å². The van der Waals surface area contributed by atoms with Crippen molar-refractivity contribution >= 4 is 12.6 Å². The molecule has 1 unspecified atom stereocenters. The third-order valence-electron chi connectivity index (χ3n) is 1.71. The lowest BCUT2D eigenvalue weighted by molar-refractivity contribution is 0.409. The van der Waals surface area contributed by atoms with E-state index < -0.39 is 0 Å². The van der Waals surface area contributed by atoms with Gasteiger partial charge in [-0.05, 0) is 18.1 Å². The van der Waals surface area contributed by atoms with Crippen LogP contribution in [-0.4, -0.2) is 12.4 Å². The van der Waals surface area contributed by atoms with Gasteiger partial charge in [0.25, 0.3) is 0 Å². The Hall–Kier alpha value is -0.630. The summed E-state index contributed by atoms with van der Waals surface area (Å²) in [7, 11) is 1.70. The number of hydrogen-bond acceptors (Lipinski definition) is 2. The molecule has 0 saturated carbocycles. The summed E-state index contributed by atoms with van der Waals surface area (Å²) in [6, 6.07) is 8.05. The fourth-order valence-electron chi connectivity index (χ4n) is 1.19. The Morgan fingerprint density at radius 3 is 2.67 bits per heavy atom. The number of ether oxygens (including phenoxy) is 1. The van der Waals surface area contributed by atoms with E-state index in [0.29, 0.717) is 5.25 Å². The van der Waals surface area contributed by atoms with Crippen molar-refractivity contribution in [3.8, 4) is 5.75 Å². The minimum atomic E-state index is 0.376. The largest absolute Gasteiger partial charge is 0.496 e. The van der Waals surface area contributed by atoms with E-state index in [9.17, 15) is 0 Å². The van der Waals surface area contributed by atoms with Crippen LogP contribution in [0.3, 0.4) is 0 Å². The van der Waals surface area contributed by atoms with Gasteiger partial charge in [0, 0.05) is 5.25 Å². The van der Waals surface area contributed by atoms with E-state index in [1.807, 2.05) is 18.2 Å². The summed E-state index contributed by atoms with van der Waals surface area (Å²) in [6.07, 6.45) is 0.952. The number of thiol groups is 1. The van der Waals surface area contributed by atoms with Crippen molar-refractivity contribution in [1.29, 1.82) is 0 Å².